The molecule has 0 aliphatic rings. The Morgan fingerprint density at radius 2 is 0.900 bits per heavy atom. The normalized spacial score (nSPS) is 12.4. The van der Waals surface area contributed by atoms with Crippen molar-refractivity contribution in [2.75, 3.05) is 36.0 Å². The van der Waals surface area contributed by atoms with Crippen molar-refractivity contribution < 1.29 is 4.79 Å². The Labute approximate surface area is 307 Å². The predicted molar refractivity (Wildman–Crippen MR) is 215 cm³/mol. The van der Waals surface area contributed by atoms with Crippen molar-refractivity contribution in [3.05, 3.63) is 177 Å². The van der Waals surface area contributed by atoms with Crippen LogP contribution in [0.2, 0.25) is 10.0 Å². The van der Waals surface area contributed by atoms with Crippen molar-refractivity contribution in [1.82, 2.24) is 0 Å². The number of anilines is 2. The molecular formula is C44H45Cl2N3O. The van der Waals surface area contributed by atoms with E-state index in [1.54, 1.807) is 6.07 Å². The summed E-state index contributed by atoms with van der Waals surface area (Å²) >= 11 is 12.7. The predicted octanol–water partition coefficient (Wildman–Crippen LogP) is 11.1. The Kier molecular flexibility index (Phi) is 12.6. The van der Waals surface area contributed by atoms with E-state index < -0.39 is 5.91 Å². The second kappa shape index (κ2) is 17.2. The smallest absolute Gasteiger partial charge is 0.249 e. The van der Waals surface area contributed by atoms with Gasteiger partial charge in [0.25, 0.3) is 0 Å². The van der Waals surface area contributed by atoms with Crippen molar-refractivity contribution in [3.8, 4) is 0 Å². The number of hydrogen-bond acceptors (Lipinski definition) is 3. The maximum absolute atomic E-state index is 12.9. The first-order valence-electron chi connectivity index (χ1n) is 17.3. The molecule has 0 bridgehead atoms. The molecule has 6 heteroatoms. The molecule has 0 saturated heterocycles. The molecule has 0 saturated carbocycles. The monoisotopic (exact) mass is 701 g/mol. The number of carbonyl (C=O) groups is 1. The van der Waals surface area contributed by atoms with Crippen LogP contribution in [-0.2, 0) is 0 Å². The van der Waals surface area contributed by atoms with E-state index in [0.717, 1.165) is 65.1 Å². The van der Waals surface area contributed by atoms with Gasteiger partial charge in [-0.15, -0.1) is 0 Å². The summed E-state index contributed by atoms with van der Waals surface area (Å²) in [7, 11) is 0. The fourth-order valence-corrected chi connectivity index (χ4v) is 6.71. The zero-order valence-electron chi connectivity index (χ0n) is 29.2. The fourth-order valence-electron chi connectivity index (χ4n) is 6.46. The second-order valence-corrected chi connectivity index (χ2v) is 13.0. The van der Waals surface area contributed by atoms with Crippen LogP contribution in [-0.4, -0.2) is 32.1 Å². The Bertz CT molecular complexity index is 1810. The van der Waals surface area contributed by atoms with E-state index in [9.17, 15) is 4.79 Å². The number of rotatable bonds is 14. The quantitative estimate of drug-likeness (QED) is 0.125. The van der Waals surface area contributed by atoms with Crippen LogP contribution in [0.15, 0.2) is 133 Å². The van der Waals surface area contributed by atoms with Gasteiger partial charge in [0.2, 0.25) is 5.91 Å². The number of primary amides is 1. The number of allylic oxidation sites excluding steroid dienone is 2. The maximum atomic E-state index is 12.9. The van der Waals surface area contributed by atoms with Gasteiger partial charge in [-0.2, -0.15) is 0 Å². The SMILES string of the molecule is CCN(CC)c1ccc(C(=CC(C=C(c2ccc(Cl)cc2)c2ccc(N(CC)CC)cc2)c2ccccc2C(N)=O)c2ccc(Cl)cc2)cc1. The second-order valence-electron chi connectivity index (χ2n) is 12.1. The molecule has 0 heterocycles. The van der Waals surface area contributed by atoms with Crippen LogP contribution in [0, 0.1) is 0 Å². The van der Waals surface area contributed by atoms with Gasteiger partial charge in [0.05, 0.1) is 0 Å². The van der Waals surface area contributed by atoms with E-state index in [1.807, 2.05) is 66.7 Å². The van der Waals surface area contributed by atoms with E-state index in [-0.39, 0.29) is 5.92 Å². The van der Waals surface area contributed by atoms with Gasteiger partial charge in [-0.3, -0.25) is 4.79 Å². The van der Waals surface area contributed by atoms with Crippen molar-refractivity contribution in [1.29, 1.82) is 0 Å². The lowest BCUT2D eigenvalue weighted by Crippen LogP contribution is -2.21. The summed E-state index contributed by atoms with van der Waals surface area (Å²) in [6.45, 7) is 12.4. The minimum atomic E-state index is -0.472. The van der Waals surface area contributed by atoms with Crippen LogP contribution >= 0.6 is 23.2 Å². The highest BCUT2D eigenvalue weighted by Crippen LogP contribution is 2.36. The fraction of sp³-hybridized carbons (Fsp3) is 0.205. The lowest BCUT2D eigenvalue weighted by Gasteiger charge is -2.23. The van der Waals surface area contributed by atoms with Gasteiger partial charge in [0, 0.05) is 59.1 Å². The molecule has 0 fully saturated rings. The number of benzene rings is 5. The van der Waals surface area contributed by atoms with Gasteiger partial charge >= 0.3 is 0 Å². The van der Waals surface area contributed by atoms with E-state index in [0.29, 0.717) is 15.6 Å². The summed E-state index contributed by atoms with van der Waals surface area (Å²) < 4.78 is 0. The van der Waals surface area contributed by atoms with Crippen molar-refractivity contribution in [2.45, 2.75) is 33.6 Å². The molecule has 5 aromatic carbocycles. The zero-order valence-corrected chi connectivity index (χ0v) is 30.8. The first-order valence-corrected chi connectivity index (χ1v) is 18.1. The molecule has 0 spiro atoms. The molecule has 2 N–H and O–H groups in total. The lowest BCUT2D eigenvalue weighted by molar-refractivity contribution is 0.0999. The molecule has 0 unspecified atom stereocenters. The van der Waals surface area contributed by atoms with Gasteiger partial charge in [-0.1, -0.05) is 102 Å². The summed E-state index contributed by atoms with van der Waals surface area (Å²) in [6, 6.07) is 40.8. The summed E-state index contributed by atoms with van der Waals surface area (Å²) in [6.07, 6.45) is 4.47. The largest absolute Gasteiger partial charge is 0.372 e. The van der Waals surface area contributed by atoms with Crippen molar-refractivity contribution in [3.63, 3.8) is 0 Å². The van der Waals surface area contributed by atoms with Gasteiger partial charge < -0.3 is 15.5 Å². The van der Waals surface area contributed by atoms with E-state index in [2.05, 4.69) is 98.2 Å². The first-order chi connectivity index (χ1) is 24.3. The molecule has 1 amide bonds. The van der Waals surface area contributed by atoms with Gasteiger partial charge in [-0.05, 0) is 121 Å². The molecule has 5 rings (SSSR count). The summed E-state index contributed by atoms with van der Waals surface area (Å²) in [5, 5.41) is 1.33. The average Bonchev–Trinajstić information content (AvgIpc) is 3.14. The Morgan fingerprint density at radius 3 is 1.24 bits per heavy atom. The van der Waals surface area contributed by atoms with Crippen LogP contribution in [0.25, 0.3) is 11.1 Å². The third kappa shape index (κ3) is 8.68. The van der Waals surface area contributed by atoms with Gasteiger partial charge in [0.1, 0.15) is 0 Å². The topological polar surface area (TPSA) is 49.6 Å². The third-order valence-corrected chi connectivity index (χ3v) is 9.71. The molecule has 256 valence electrons. The lowest BCUT2D eigenvalue weighted by atomic mass is 9.85. The number of halogens is 2. The number of amides is 1. The van der Waals surface area contributed by atoms with Gasteiger partial charge in [0.15, 0.2) is 0 Å². The number of carbonyl (C=O) groups excluding carboxylic acids is 1. The molecule has 4 nitrogen and oxygen atoms in total. The highest BCUT2D eigenvalue weighted by Gasteiger charge is 2.19. The molecule has 0 aliphatic carbocycles. The number of nitrogens with zero attached hydrogens (tertiary/aromatic N) is 2. The summed E-state index contributed by atoms with van der Waals surface area (Å²) in [5.41, 5.74) is 15.8. The molecule has 0 radical (unpaired) electrons. The zero-order chi connectivity index (χ0) is 35.6. The van der Waals surface area contributed by atoms with Gasteiger partial charge in [-0.25, -0.2) is 0 Å². The Morgan fingerprint density at radius 1 is 0.560 bits per heavy atom. The highest BCUT2D eigenvalue weighted by molar-refractivity contribution is 6.30. The molecule has 0 atom stereocenters. The number of nitrogens with two attached hydrogens (primary N) is 1. The maximum Gasteiger partial charge on any atom is 0.249 e. The van der Waals surface area contributed by atoms with E-state index >= 15 is 0 Å². The molecule has 0 aliphatic heterocycles. The van der Waals surface area contributed by atoms with Crippen LogP contribution in [0.4, 0.5) is 11.4 Å². The Hall–Kier alpha value is -4.77. The summed E-state index contributed by atoms with van der Waals surface area (Å²) in [4.78, 5) is 17.6. The van der Waals surface area contributed by atoms with Crippen LogP contribution < -0.4 is 15.5 Å². The highest BCUT2D eigenvalue weighted by atomic mass is 35.5. The first kappa shape index (κ1) is 36.5. The van der Waals surface area contributed by atoms with Crippen molar-refractivity contribution >= 4 is 51.6 Å². The third-order valence-electron chi connectivity index (χ3n) is 9.20. The van der Waals surface area contributed by atoms with E-state index in [1.165, 1.54) is 11.4 Å². The average molecular weight is 703 g/mol. The van der Waals surface area contributed by atoms with Crippen LogP contribution in [0.1, 0.15) is 71.8 Å². The van der Waals surface area contributed by atoms with Crippen LogP contribution in [0.5, 0.6) is 0 Å². The van der Waals surface area contributed by atoms with Crippen LogP contribution in [0.3, 0.4) is 0 Å². The Balaban J connectivity index is 1.78. The van der Waals surface area contributed by atoms with E-state index in [4.69, 9.17) is 28.9 Å². The number of hydrogen-bond donors (Lipinski definition) is 1. The molecule has 5 aromatic rings. The standard InChI is InChI=1S/C44H45Cl2N3O/c1-5-48(6-2)38-25-17-33(18-26-38)42(31-13-21-36(45)22-14-31)29-35(40-11-9-10-12-41(40)44(47)50)30-43(32-15-23-37(46)24-16-32)34-19-27-39(28-20-34)49(7-3)8-4/h9-30,35H,5-8H2,1-4H3,(H2,47,50). The van der Waals surface area contributed by atoms with Crippen molar-refractivity contribution in [2.24, 2.45) is 5.73 Å². The molecule has 50 heavy (non-hydrogen) atoms. The minimum absolute atomic E-state index is 0.347. The minimum Gasteiger partial charge on any atom is -0.372 e. The molecular weight excluding hydrogens is 657 g/mol. The summed E-state index contributed by atoms with van der Waals surface area (Å²) in [5.74, 6) is -0.819. The molecule has 0 aromatic heterocycles.